The van der Waals surface area contributed by atoms with Gasteiger partial charge in [0.25, 0.3) is 0 Å². The van der Waals surface area contributed by atoms with Crippen LogP contribution < -0.4 is 5.14 Å². The van der Waals surface area contributed by atoms with Gasteiger partial charge in [-0.15, -0.1) is 0 Å². The predicted octanol–water partition coefficient (Wildman–Crippen LogP) is -0.380. The Kier molecular flexibility index (Phi) is 3.22. The van der Waals surface area contributed by atoms with Crippen LogP contribution in [0, 0.1) is 0 Å². The molecule has 4 nitrogen and oxygen atoms in total. The maximum Gasteiger partial charge on any atom is 0.219 e. The number of likely N-dealkylation sites (tertiary alicyclic amines) is 1. The first-order valence-electron chi connectivity index (χ1n) is 4.01. The van der Waals surface area contributed by atoms with E-state index in [1.54, 1.807) is 4.90 Å². The van der Waals surface area contributed by atoms with Gasteiger partial charge < -0.3 is 4.90 Å². The van der Waals surface area contributed by atoms with Gasteiger partial charge in [-0.2, -0.15) is 0 Å². The highest BCUT2D eigenvalue weighted by Crippen LogP contribution is 2.12. The van der Waals surface area contributed by atoms with Crippen molar-refractivity contribution in [1.29, 1.82) is 0 Å². The number of piperidine rings is 1. The molecule has 12 heavy (non-hydrogen) atoms. The number of amides is 1. The van der Waals surface area contributed by atoms with E-state index in [1.807, 2.05) is 0 Å². The van der Waals surface area contributed by atoms with Crippen LogP contribution in [0.2, 0.25) is 0 Å². The maximum atomic E-state index is 11.0. The van der Waals surface area contributed by atoms with Crippen LogP contribution in [-0.2, 0) is 15.8 Å². The second kappa shape index (κ2) is 4.00. The van der Waals surface area contributed by atoms with Gasteiger partial charge in [-0.1, -0.05) is 0 Å². The average Bonchev–Trinajstić information content (AvgIpc) is 2.04. The average molecular weight is 190 g/mol. The van der Waals surface area contributed by atoms with Gasteiger partial charge in [0.2, 0.25) is 5.91 Å². The summed E-state index contributed by atoms with van der Waals surface area (Å²) in [6, 6.07) is 0. The number of rotatable bonds is 1. The standard InChI is InChI=1S/C7H14N2O2S/c1-6(10)9-4-2-3-7(5-9)12(8)11/h7H,2-5,8H2,1H3. The fourth-order valence-corrected chi connectivity index (χ4v) is 2.14. The second-order valence-corrected chi connectivity index (χ2v) is 4.38. The lowest BCUT2D eigenvalue weighted by atomic mass is 10.1. The fraction of sp³-hybridized carbons (Fsp3) is 0.857. The molecule has 1 aliphatic heterocycles. The van der Waals surface area contributed by atoms with Gasteiger partial charge >= 0.3 is 0 Å². The molecular weight excluding hydrogens is 176 g/mol. The van der Waals surface area contributed by atoms with E-state index >= 15 is 0 Å². The molecule has 1 rings (SSSR count). The first kappa shape index (κ1) is 9.67. The molecule has 1 aliphatic rings. The van der Waals surface area contributed by atoms with Gasteiger partial charge in [0, 0.05) is 20.0 Å². The van der Waals surface area contributed by atoms with Gasteiger partial charge in [-0.05, 0) is 12.8 Å². The zero-order valence-corrected chi connectivity index (χ0v) is 7.97. The maximum absolute atomic E-state index is 11.0. The Morgan fingerprint density at radius 1 is 1.67 bits per heavy atom. The van der Waals surface area contributed by atoms with Crippen LogP contribution in [0.25, 0.3) is 0 Å². The molecule has 2 unspecified atom stereocenters. The van der Waals surface area contributed by atoms with E-state index in [1.165, 1.54) is 6.92 Å². The first-order valence-corrected chi connectivity index (χ1v) is 5.29. The zero-order valence-electron chi connectivity index (χ0n) is 7.16. The number of carbonyl (C=O) groups excluding carboxylic acids is 1. The Bertz CT molecular complexity index is 188. The number of carbonyl (C=O) groups is 1. The Hall–Kier alpha value is -0.420. The van der Waals surface area contributed by atoms with E-state index in [0.717, 1.165) is 19.4 Å². The van der Waals surface area contributed by atoms with Crippen molar-refractivity contribution in [2.45, 2.75) is 25.0 Å². The topological polar surface area (TPSA) is 63.4 Å². The van der Waals surface area contributed by atoms with E-state index in [-0.39, 0.29) is 11.2 Å². The van der Waals surface area contributed by atoms with Crippen LogP contribution in [0.5, 0.6) is 0 Å². The third kappa shape index (κ3) is 2.28. The molecule has 0 radical (unpaired) electrons. The van der Waals surface area contributed by atoms with Crippen LogP contribution in [-0.4, -0.2) is 33.4 Å². The number of nitrogens with zero attached hydrogens (tertiary/aromatic N) is 1. The Balaban J connectivity index is 2.51. The van der Waals surface area contributed by atoms with Crippen LogP contribution >= 0.6 is 0 Å². The third-order valence-corrected chi connectivity index (χ3v) is 3.19. The van der Waals surface area contributed by atoms with Gasteiger partial charge in [-0.3, -0.25) is 9.93 Å². The minimum absolute atomic E-state index is 0.0253. The van der Waals surface area contributed by atoms with E-state index in [9.17, 15) is 9.00 Å². The number of hydrogen-bond acceptors (Lipinski definition) is 2. The van der Waals surface area contributed by atoms with Gasteiger partial charge in [0.15, 0.2) is 0 Å². The summed E-state index contributed by atoms with van der Waals surface area (Å²) in [6.45, 7) is 2.86. The number of hydrogen-bond donors (Lipinski definition) is 1. The van der Waals surface area contributed by atoms with E-state index < -0.39 is 11.0 Å². The Morgan fingerprint density at radius 3 is 2.83 bits per heavy atom. The highest BCUT2D eigenvalue weighted by Gasteiger charge is 2.24. The van der Waals surface area contributed by atoms with Crippen molar-refractivity contribution >= 4 is 16.9 Å². The molecule has 0 bridgehead atoms. The molecule has 1 heterocycles. The van der Waals surface area contributed by atoms with E-state index in [0.29, 0.717) is 6.54 Å². The zero-order chi connectivity index (χ0) is 9.14. The van der Waals surface area contributed by atoms with Gasteiger partial charge in [-0.25, -0.2) is 4.21 Å². The minimum Gasteiger partial charge on any atom is -0.342 e. The molecule has 0 aromatic rings. The number of nitrogens with two attached hydrogens (primary N) is 1. The molecule has 70 valence electrons. The van der Waals surface area contributed by atoms with Crippen LogP contribution in [0.4, 0.5) is 0 Å². The molecular formula is C7H14N2O2S. The van der Waals surface area contributed by atoms with E-state index in [4.69, 9.17) is 5.14 Å². The van der Waals surface area contributed by atoms with Crippen molar-refractivity contribution in [3.8, 4) is 0 Å². The van der Waals surface area contributed by atoms with Crippen molar-refractivity contribution in [2.24, 2.45) is 5.14 Å². The Morgan fingerprint density at radius 2 is 2.33 bits per heavy atom. The van der Waals surface area contributed by atoms with Crippen LogP contribution in [0.15, 0.2) is 0 Å². The van der Waals surface area contributed by atoms with Crippen molar-refractivity contribution in [1.82, 2.24) is 4.90 Å². The van der Waals surface area contributed by atoms with Crippen molar-refractivity contribution in [2.75, 3.05) is 13.1 Å². The van der Waals surface area contributed by atoms with Crippen molar-refractivity contribution in [3.05, 3.63) is 0 Å². The van der Waals surface area contributed by atoms with Crippen LogP contribution in [0.3, 0.4) is 0 Å². The van der Waals surface area contributed by atoms with Crippen molar-refractivity contribution < 1.29 is 9.00 Å². The summed E-state index contributed by atoms with van der Waals surface area (Å²) in [4.78, 5) is 12.7. The van der Waals surface area contributed by atoms with Crippen molar-refractivity contribution in [3.63, 3.8) is 0 Å². The summed E-state index contributed by atoms with van der Waals surface area (Å²) in [5.74, 6) is 0.0464. The molecule has 0 saturated carbocycles. The molecule has 0 aromatic carbocycles. The molecule has 2 N–H and O–H groups in total. The van der Waals surface area contributed by atoms with E-state index in [2.05, 4.69) is 0 Å². The molecule has 0 aliphatic carbocycles. The lowest BCUT2D eigenvalue weighted by Crippen LogP contribution is -2.44. The predicted molar refractivity (Wildman–Crippen MR) is 47.6 cm³/mol. The van der Waals surface area contributed by atoms with Gasteiger partial charge in [0.1, 0.15) is 0 Å². The summed E-state index contributed by atoms with van der Waals surface area (Å²) >= 11 is 0. The SMILES string of the molecule is CC(=O)N1CCCC(S(N)=O)C1. The molecule has 1 saturated heterocycles. The highest BCUT2D eigenvalue weighted by molar-refractivity contribution is 7.83. The quantitative estimate of drug-likeness (QED) is 0.612. The molecule has 0 spiro atoms. The normalized spacial score (nSPS) is 26.8. The first-order chi connectivity index (χ1) is 5.61. The summed E-state index contributed by atoms with van der Waals surface area (Å²) in [5, 5.41) is 5.24. The van der Waals surface area contributed by atoms with Gasteiger partial charge in [0.05, 0.1) is 16.2 Å². The summed E-state index contributed by atoms with van der Waals surface area (Å²) in [7, 11) is -1.28. The second-order valence-electron chi connectivity index (χ2n) is 3.06. The largest absolute Gasteiger partial charge is 0.342 e. The van der Waals surface area contributed by atoms with Crippen LogP contribution in [0.1, 0.15) is 19.8 Å². The summed E-state index contributed by atoms with van der Waals surface area (Å²) in [6.07, 6.45) is 1.78. The highest BCUT2D eigenvalue weighted by atomic mass is 32.2. The third-order valence-electron chi connectivity index (χ3n) is 2.15. The lowest BCUT2D eigenvalue weighted by Gasteiger charge is -2.30. The monoisotopic (exact) mass is 190 g/mol. The molecule has 5 heteroatoms. The minimum atomic E-state index is -1.28. The summed E-state index contributed by atoms with van der Waals surface area (Å²) in [5.41, 5.74) is 0. The molecule has 1 amide bonds. The molecule has 2 atom stereocenters. The fourth-order valence-electron chi connectivity index (χ4n) is 1.41. The lowest BCUT2D eigenvalue weighted by molar-refractivity contribution is -0.129. The molecule has 1 fully saturated rings. The Labute approximate surface area is 74.7 Å². The summed E-state index contributed by atoms with van der Waals surface area (Å²) < 4.78 is 10.9. The smallest absolute Gasteiger partial charge is 0.219 e. The molecule has 0 aromatic heterocycles.